The number of ether oxygens (including phenoxy) is 1. The predicted molar refractivity (Wildman–Crippen MR) is 88.0 cm³/mol. The van der Waals surface area contributed by atoms with Crippen LogP contribution in [0, 0.1) is 5.92 Å². The molecule has 1 spiro atoms. The van der Waals surface area contributed by atoms with Gasteiger partial charge in [0.1, 0.15) is 5.72 Å². The van der Waals surface area contributed by atoms with Crippen LogP contribution in [-0.4, -0.2) is 22.2 Å². The lowest BCUT2D eigenvalue weighted by molar-refractivity contribution is -0.111. The average Bonchev–Trinajstić information content (AvgIpc) is 2.89. The predicted octanol–water partition coefficient (Wildman–Crippen LogP) is 4.23. The summed E-state index contributed by atoms with van der Waals surface area (Å²) in [6.07, 6.45) is 6.71. The highest BCUT2D eigenvalue weighted by molar-refractivity contribution is 7.80. The Hall–Kier alpha value is -1.19. The number of thiocarbonyl (C=S) groups is 1. The van der Waals surface area contributed by atoms with Crippen molar-refractivity contribution >= 4 is 17.2 Å². The average molecular weight is 299 g/mol. The van der Waals surface area contributed by atoms with Gasteiger partial charge in [-0.15, -0.1) is 0 Å². The van der Waals surface area contributed by atoms with E-state index in [9.17, 15) is 0 Å². The van der Waals surface area contributed by atoms with Gasteiger partial charge in [-0.3, -0.25) is 0 Å². The van der Waals surface area contributed by atoms with Crippen LogP contribution in [0.3, 0.4) is 0 Å². The summed E-state index contributed by atoms with van der Waals surface area (Å²) in [7, 11) is 0. The number of allylic oxidation sites excluding steroid dienone is 1. The summed E-state index contributed by atoms with van der Waals surface area (Å²) in [5.41, 5.74) is 2.64. The third kappa shape index (κ3) is 1.91. The molecular weight excluding hydrogens is 278 g/mol. The smallest absolute Gasteiger partial charge is 0.149 e. The van der Waals surface area contributed by atoms with Crippen LogP contribution < -0.4 is 0 Å². The van der Waals surface area contributed by atoms with Crippen molar-refractivity contribution < 1.29 is 4.74 Å². The molecule has 2 aliphatic heterocycles. The molecule has 1 aliphatic carbocycles. The molecule has 21 heavy (non-hydrogen) atoms. The Morgan fingerprint density at radius 1 is 1.29 bits per heavy atom. The molecule has 4 rings (SSSR count). The highest BCUT2D eigenvalue weighted by atomic mass is 32.1. The van der Waals surface area contributed by atoms with E-state index in [0.29, 0.717) is 5.92 Å². The second-order valence-electron chi connectivity index (χ2n) is 6.42. The van der Waals surface area contributed by atoms with Crippen LogP contribution in [0.1, 0.15) is 44.2 Å². The minimum Gasteiger partial charge on any atom is -0.352 e. The number of rotatable bonds is 1. The summed E-state index contributed by atoms with van der Waals surface area (Å²) >= 11 is 5.75. The first-order valence-electron chi connectivity index (χ1n) is 7.90. The van der Waals surface area contributed by atoms with E-state index < -0.39 is 0 Å². The molecule has 3 aliphatic rings. The van der Waals surface area contributed by atoms with Crippen molar-refractivity contribution in [1.82, 2.24) is 4.90 Å². The van der Waals surface area contributed by atoms with Crippen molar-refractivity contribution in [2.75, 3.05) is 6.61 Å². The SMILES string of the molecule is CC1=CCC[C@@]23OC[C@@H](c4ccccc4)N2C(=S)CC[C@@H]13. The van der Waals surface area contributed by atoms with Crippen LogP contribution in [0.25, 0.3) is 0 Å². The molecule has 2 saturated heterocycles. The molecule has 0 radical (unpaired) electrons. The van der Waals surface area contributed by atoms with Gasteiger partial charge in [0, 0.05) is 5.92 Å². The zero-order chi connectivity index (χ0) is 14.4. The fourth-order valence-electron chi connectivity index (χ4n) is 4.42. The first kappa shape index (κ1) is 13.5. The van der Waals surface area contributed by atoms with Gasteiger partial charge in [-0.2, -0.15) is 0 Å². The normalized spacial score (nSPS) is 35.2. The summed E-state index contributed by atoms with van der Waals surface area (Å²) < 4.78 is 6.45. The summed E-state index contributed by atoms with van der Waals surface area (Å²) in [4.78, 5) is 3.54. The van der Waals surface area contributed by atoms with Crippen LogP contribution >= 0.6 is 12.2 Å². The Morgan fingerprint density at radius 2 is 2.10 bits per heavy atom. The molecule has 2 nitrogen and oxygen atoms in total. The molecular formula is C18H21NOS. The zero-order valence-electron chi connectivity index (χ0n) is 12.4. The quantitative estimate of drug-likeness (QED) is 0.568. The van der Waals surface area contributed by atoms with Crippen molar-refractivity contribution in [2.45, 2.75) is 44.4 Å². The summed E-state index contributed by atoms with van der Waals surface area (Å²) in [5.74, 6) is 0.506. The van der Waals surface area contributed by atoms with Gasteiger partial charge in [0.05, 0.1) is 17.6 Å². The van der Waals surface area contributed by atoms with Crippen molar-refractivity contribution in [3.05, 3.63) is 47.5 Å². The van der Waals surface area contributed by atoms with Gasteiger partial charge in [-0.05, 0) is 38.2 Å². The molecule has 0 unspecified atom stereocenters. The minimum absolute atomic E-state index is 0.172. The topological polar surface area (TPSA) is 12.5 Å². The largest absolute Gasteiger partial charge is 0.352 e. The van der Waals surface area contributed by atoms with Crippen molar-refractivity contribution in [3.8, 4) is 0 Å². The summed E-state index contributed by atoms with van der Waals surface area (Å²) in [5, 5.41) is 0. The van der Waals surface area contributed by atoms with Crippen LogP contribution in [0.2, 0.25) is 0 Å². The van der Waals surface area contributed by atoms with Gasteiger partial charge in [0.2, 0.25) is 0 Å². The molecule has 1 aromatic rings. The first-order chi connectivity index (χ1) is 10.2. The van der Waals surface area contributed by atoms with Crippen molar-refractivity contribution in [2.24, 2.45) is 5.92 Å². The van der Waals surface area contributed by atoms with E-state index in [-0.39, 0.29) is 11.8 Å². The maximum absolute atomic E-state index is 6.45. The number of piperidine rings is 1. The van der Waals surface area contributed by atoms with Crippen molar-refractivity contribution in [3.63, 3.8) is 0 Å². The lowest BCUT2D eigenvalue weighted by atomic mass is 9.74. The summed E-state index contributed by atoms with van der Waals surface area (Å²) in [6.45, 7) is 3.02. The molecule has 0 amide bonds. The highest BCUT2D eigenvalue weighted by Gasteiger charge is 2.56. The Balaban J connectivity index is 1.77. The molecule has 2 heterocycles. The molecule has 1 aromatic carbocycles. The molecule has 110 valence electrons. The minimum atomic E-state index is -0.172. The Bertz CT molecular complexity index is 596. The number of hydrogen-bond donors (Lipinski definition) is 0. The molecule has 0 aromatic heterocycles. The molecule has 2 fully saturated rings. The van der Waals surface area contributed by atoms with E-state index >= 15 is 0 Å². The fraction of sp³-hybridized carbons (Fsp3) is 0.500. The van der Waals surface area contributed by atoms with E-state index in [1.807, 2.05) is 0 Å². The van der Waals surface area contributed by atoms with Gasteiger partial charge < -0.3 is 9.64 Å². The number of nitrogens with zero attached hydrogens (tertiary/aromatic N) is 1. The van der Waals surface area contributed by atoms with E-state index in [1.165, 1.54) is 11.1 Å². The van der Waals surface area contributed by atoms with Gasteiger partial charge in [0.25, 0.3) is 0 Å². The fourth-order valence-corrected chi connectivity index (χ4v) is 4.82. The second kappa shape index (κ2) is 4.92. The first-order valence-corrected chi connectivity index (χ1v) is 8.31. The van der Waals surface area contributed by atoms with E-state index in [4.69, 9.17) is 17.0 Å². The number of benzene rings is 1. The van der Waals surface area contributed by atoms with Gasteiger partial charge in [-0.1, -0.05) is 54.2 Å². The monoisotopic (exact) mass is 299 g/mol. The maximum Gasteiger partial charge on any atom is 0.149 e. The zero-order valence-corrected chi connectivity index (χ0v) is 13.2. The highest BCUT2D eigenvalue weighted by Crippen LogP contribution is 2.53. The molecule has 3 atom stereocenters. The lowest BCUT2D eigenvalue weighted by Gasteiger charge is -2.51. The second-order valence-corrected chi connectivity index (χ2v) is 6.90. The third-order valence-electron chi connectivity index (χ3n) is 5.37. The van der Waals surface area contributed by atoms with Crippen LogP contribution in [0.4, 0.5) is 0 Å². The van der Waals surface area contributed by atoms with E-state index in [2.05, 4.69) is 48.2 Å². The Kier molecular flexibility index (Phi) is 3.16. The van der Waals surface area contributed by atoms with Crippen LogP contribution in [-0.2, 0) is 4.74 Å². The Morgan fingerprint density at radius 3 is 2.90 bits per heavy atom. The standard InChI is InChI=1S/C18H21NOS/c1-13-6-5-11-18-15(13)9-10-17(21)19(18)16(12-20-18)14-7-3-2-4-8-14/h2-4,6-8,15-16H,5,9-12H2,1H3/t15-,16-,18-/m0/s1. The van der Waals surface area contributed by atoms with Crippen LogP contribution in [0.15, 0.2) is 42.0 Å². The maximum atomic E-state index is 6.45. The molecule has 0 saturated carbocycles. The molecule has 0 N–H and O–H groups in total. The van der Waals surface area contributed by atoms with Gasteiger partial charge in [-0.25, -0.2) is 0 Å². The number of hydrogen-bond acceptors (Lipinski definition) is 2. The third-order valence-corrected chi connectivity index (χ3v) is 5.77. The van der Waals surface area contributed by atoms with E-state index in [0.717, 1.165) is 37.3 Å². The van der Waals surface area contributed by atoms with Gasteiger partial charge in [0.15, 0.2) is 0 Å². The van der Waals surface area contributed by atoms with Crippen molar-refractivity contribution in [1.29, 1.82) is 0 Å². The molecule has 0 bridgehead atoms. The van der Waals surface area contributed by atoms with Crippen LogP contribution in [0.5, 0.6) is 0 Å². The Labute approximate surface area is 131 Å². The summed E-state index contributed by atoms with van der Waals surface area (Å²) in [6, 6.07) is 11.0. The van der Waals surface area contributed by atoms with E-state index in [1.54, 1.807) is 0 Å². The lowest BCUT2D eigenvalue weighted by Crippen LogP contribution is -2.58. The molecule has 3 heteroatoms. The van der Waals surface area contributed by atoms with Gasteiger partial charge >= 0.3 is 0 Å².